The van der Waals surface area contributed by atoms with Crippen LogP contribution in [0.2, 0.25) is 0 Å². The molecular weight excluding hydrogens is 262 g/mol. The first-order valence-electron chi connectivity index (χ1n) is 7.13. The molecule has 0 radical (unpaired) electrons. The van der Waals surface area contributed by atoms with Crippen LogP contribution in [-0.4, -0.2) is 59.4 Å². The lowest BCUT2D eigenvalue weighted by Crippen LogP contribution is -2.42. The van der Waals surface area contributed by atoms with Gasteiger partial charge in [0.15, 0.2) is 0 Å². The number of piperidine rings is 1. The van der Waals surface area contributed by atoms with Crippen LogP contribution in [-0.2, 0) is 14.3 Å². The molecular formula is C14H23NO5. The second-order valence-electron chi connectivity index (χ2n) is 6.23. The van der Waals surface area contributed by atoms with Gasteiger partial charge in [0.25, 0.3) is 0 Å². The van der Waals surface area contributed by atoms with Crippen molar-refractivity contribution in [3.63, 3.8) is 0 Å². The number of hydrogen-bond donors (Lipinski definition) is 2. The number of rotatable bonds is 5. The third-order valence-corrected chi connectivity index (χ3v) is 4.56. The van der Waals surface area contributed by atoms with Gasteiger partial charge in [-0.1, -0.05) is 13.8 Å². The number of likely N-dealkylation sites (tertiary alicyclic amines) is 1. The predicted octanol–water partition coefficient (Wildman–Crippen LogP) is 0.343. The van der Waals surface area contributed by atoms with Gasteiger partial charge in [0.05, 0.1) is 31.2 Å². The topological polar surface area (TPSA) is 87.1 Å². The molecule has 6 nitrogen and oxygen atoms in total. The average molecular weight is 285 g/mol. The Morgan fingerprint density at radius 2 is 1.85 bits per heavy atom. The van der Waals surface area contributed by atoms with Crippen molar-refractivity contribution in [2.75, 3.05) is 26.3 Å². The van der Waals surface area contributed by atoms with Gasteiger partial charge in [0.1, 0.15) is 0 Å². The van der Waals surface area contributed by atoms with Gasteiger partial charge in [-0.25, -0.2) is 0 Å². The number of carboxylic acids is 1. The molecule has 2 N–H and O–H groups in total. The lowest BCUT2D eigenvalue weighted by molar-refractivity contribution is -0.142. The number of aliphatic hydroxyl groups is 1. The number of ether oxygens (including phenoxy) is 1. The van der Waals surface area contributed by atoms with Crippen LogP contribution in [0.1, 0.15) is 26.7 Å². The van der Waals surface area contributed by atoms with E-state index in [-0.39, 0.29) is 18.6 Å². The van der Waals surface area contributed by atoms with Crippen molar-refractivity contribution in [3.05, 3.63) is 0 Å². The van der Waals surface area contributed by atoms with Crippen molar-refractivity contribution in [1.29, 1.82) is 0 Å². The molecule has 0 aromatic carbocycles. The fourth-order valence-corrected chi connectivity index (χ4v) is 3.22. The highest BCUT2D eigenvalue weighted by atomic mass is 16.5. The summed E-state index contributed by atoms with van der Waals surface area (Å²) in [6.07, 6.45) is 1.58. The number of nitrogens with zero attached hydrogens (tertiary/aromatic N) is 1. The summed E-state index contributed by atoms with van der Waals surface area (Å²) in [5, 5.41) is 17.8. The van der Waals surface area contributed by atoms with Crippen molar-refractivity contribution < 1.29 is 24.5 Å². The Bertz CT molecular complexity index is 387. The van der Waals surface area contributed by atoms with Crippen LogP contribution in [0.5, 0.6) is 0 Å². The Hall–Kier alpha value is -1.14. The fraction of sp³-hybridized carbons (Fsp3) is 0.857. The van der Waals surface area contributed by atoms with Crippen molar-refractivity contribution in [2.45, 2.75) is 32.8 Å². The van der Waals surface area contributed by atoms with E-state index in [1.54, 1.807) is 4.90 Å². The molecule has 1 saturated carbocycles. The van der Waals surface area contributed by atoms with Gasteiger partial charge in [0.2, 0.25) is 5.91 Å². The molecule has 20 heavy (non-hydrogen) atoms. The molecule has 2 atom stereocenters. The number of carbonyl (C=O) groups excluding carboxylic acids is 1. The molecule has 2 rings (SSSR count). The third-order valence-electron chi connectivity index (χ3n) is 4.56. The highest BCUT2D eigenvalue weighted by molar-refractivity contribution is 5.91. The zero-order valence-electron chi connectivity index (χ0n) is 12.0. The number of aliphatic carboxylic acids is 1. The number of aliphatic hydroxyl groups excluding tert-OH is 1. The summed E-state index contributed by atoms with van der Waals surface area (Å²) in [6, 6.07) is 0. The summed E-state index contributed by atoms with van der Waals surface area (Å²) in [5.74, 6) is -1.87. The first-order valence-corrected chi connectivity index (χ1v) is 7.13. The Morgan fingerprint density at radius 3 is 2.30 bits per heavy atom. The van der Waals surface area contributed by atoms with E-state index in [0.717, 1.165) is 12.8 Å². The minimum atomic E-state index is -0.880. The maximum Gasteiger partial charge on any atom is 0.307 e. The summed E-state index contributed by atoms with van der Waals surface area (Å²) in [5.41, 5.74) is -0.437. The molecule has 114 valence electrons. The molecule has 0 aromatic heterocycles. The molecule has 0 spiro atoms. The molecule has 0 aromatic rings. The molecule has 6 heteroatoms. The molecule has 1 aliphatic heterocycles. The van der Waals surface area contributed by atoms with Gasteiger partial charge < -0.3 is 19.8 Å². The minimum absolute atomic E-state index is 0.00962. The molecule has 0 bridgehead atoms. The highest BCUT2D eigenvalue weighted by Gasteiger charge is 2.66. The van der Waals surface area contributed by atoms with Crippen LogP contribution in [0.3, 0.4) is 0 Å². The van der Waals surface area contributed by atoms with Gasteiger partial charge >= 0.3 is 5.97 Å². The first kappa shape index (κ1) is 15.3. The van der Waals surface area contributed by atoms with Crippen molar-refractivity contribution in [2.24, 2.45) is 17.3 Å². The lowest BCUT2D eigenvalue weighted by atomic mass is 10.1. The van der Waals surface area contributed by atoms with Gasteiger partial charge in [-0.05, 0) is 18.3 Å². The highest BCUT2D eigenvalue weighted by Crippen LogP contribution is 2.59. The van der Waals surface area contributed by atoms with E-state index in [2.05, 4.69) is 0 Å². The molecule has 2 aliphatic rings. The quantitative estimate of drug-likeness (QED) is 0.761. The average Bonchev–Trinajstić information content (AvgIpc) is 2.99. The number of hydrogen-bond acceptors (Lipinski definition) is 4. The van der Waals surface area contributed by atoms with E-state index in [4.69, 9.17) is 14.9 Å². The second kappa shape index (κ2) is 5.69. The minimum Gasteiger partial charge on any atom is -0.481 e. The second-order valence-corrected chi connectivity index (χ2v) is 6.23. The molecule has 1 amide bonds. The van der Waals surface area contributed by atoms with E-state index in [1.165, 1.54) is 0 Å². The maximum absolute atomic E-state index is 12.4. The number of amides is 1. The Labute approximate surface area is 118 Å². The summed E-state index contributed by atoms with van der Waals surface area (Å²) in [7, 11) is 0. The van der Waals surface area contributed by atoms with Crippen LogP contribution in [0.25, 0.3) is 0 Å². The van der Waals surface area contributed by atoms with E-state index >= 15 is 0 Å². The predicted molar refractivity (Wildman–Crippen MR) is 71.0 cm³/mol. The molecule has 1 aliphatic carbocycles. The molecule has 2 fully saturated rings. The number of carboxylic acid groups (broad SMARTS) is 1. The molecule has 1 heterocycles. The van der Waals surface area contributed by atoms with Crippen LogP contribution in [0.4, 0.5) is 0 Å². The van der Waals surface area contributed by atoms with E-state index in [1.807, 2.05) is 13.8 Å². The zero-order valence-corrected chi connectivity index (χ0v) is 12.0. The van der Waals surface area contributed by atoms with Crippen molar-refractivity contribution >= 4 is 11.9 Å². The van der Waals surface area contributed by atoms with Gasteiger partial charge in [-0.3, -0.25) is 9.59 Å². The monoisotopic (exact) mass is 285 g/mol. The van der Waals surface area contributed by atoms with Gasteiger partial charge in [-0.2, -0.15) is 0 Å². The van der Waals surface area contributed by atoms with Crippen molar-refractivity contribution in [3.8, 4) is 0 Å². The van der Waals surface area contributed by atoms with Gasteiger partial charge in [-0.15, -0.1) is 0 Å². The van der Waals surface area contributed by atoms with E-state index in [0.29, 0.717) is 19.7 Å². The van der Waals surface area contributed by atoms with Crippen LogP contribution in [0.15, 0.2) is 0 Å². The molecule has 0 unspecified atom stereocenters. The third kappa shape index (κ3) is 2.81. The van der Waals surface area contributed by atoms with Crippen LogP contribution >= 0.6 is 0 Å². The Kier molecular flexibility index (Phi) is 4.34. The smallest absolute Gasteiger partial charge is 0.307 e. The molecule has 1 saturated heterocycles. The standard InChI is InChI=1S/C14H23NO5/c1-14(2)10(11(14)13(18)19)12(17)15-5-3-9(4-6-15)20-8-7-16/h9-11,16H,3-8H2,1-2H3,(H,18,19)/t10-,11+/m1/s1. The number of carbonyl (C=O) groups is 2. The Morgan fingerprint density at radius 1 is 1.25 bits per heavy atom. The summed E-state index contributed by atoms with van der Waals surface area (Å²) in [4.78, 5) is 25.3. The first-order chi connectivity index (χ1) is 9.39. The van der Waals surface area contributed by atoms with E-state index < -0.39 is 23.2 Å². The maximum atomic E-state index is 12.4. The van der Waals surface area contributed by atoms with Crippen LogP contribution in [0, 0.1) is 17.3 Å². The van der Waals surface area contributed by atoms with E-state index in [9.17, 15) is 9.59 Å². The largest absolute Gasteiger partial charge is 0.481 e. The summed E-state index contributed by atoms with van der Waals surface area (Å²) < 4.78 is 5.45. The lowest BCUT2D eigenvalue weighted by Gasteiger charge is -2.32. The summed E-state index contributed by atoms with van der Waals surface area (Å²) in [6.45, 7) is 5.23. The van der Waals surface area contributed by atoms with Crippen LogP contribution < -0.4 is 0 Å². The Balaban J connectivity index is 1.85. The zero-order chi connectivity index (χ0) is 14.9. The normalized spacial score (nSPS) is 29.2. The van der Waals surface area contributed by atoms with Gasteiger partial charge in [0, 0.05) is 13.1 Å². The fourth-order valence-electron chi connectivity index (χ4n) is 3.22. The van der Waals surface area contributed by atoms with Crippen molar-refractivity contribution in [1.82, 2.24) is 4.90 Å². The SMILES string of the molecule is CC1(C)[C@H](C(=O)O)[C@@H]1C(=O)N1CCC(OCCO)CC1. The summed E-state index contributed by atoms with van der Waals surface area (Å²) >= 11 is 0.